The molecule has 0 unspecified atom stereocenters. The second kappa shape index (κ2) is 13.3. The van der Waals surface area contributed by atoms with Gasteiger partial charge in [-0.25, -0.2) is 4.79 Å². The Hall–Kier alpha value is -3.09. The highest BCUT2D eigenvalue weighted by molar-refractivity contribution is 6.35. The summed E-state index contributed by atoms with van der Waals surface area (Å²) in [4.78, 5) is 59.2. The fraction of sp³-hybridized carbons (Fsp3) is 0.500. The Morgan fingerprint density at radius 2 is 1.39 bits per heavy atom. The first kappa shape index (κ1) is 29.1. The van der Waals surface area contributed by atoms with Crippen LogP contribution in [0.3, 0.4) is 0 Å². The van der Waals surface area contributed by atoms with E-state index in [1.807, 2.05) is 0 Å². The lowest BCUT2D eigenvalue weighted by Gasteiger charge is -2.43. The van der Waals surface area contributed by atoms with Crippen molar-refractivity contribution in [3.63, 3.8) is 0 Å². The zero-order valence-electron chi connectivity index (χ0n) is 19.7. The molecule has 1 aromatic rings. The van der Waals surface area contributed by atoms with Crippen LogP contribution in [0.2, 0.25) is 10.0 Å². The van der Waals surface area contributed by atoms with Crippen molar-refractivity contribution in [2.75, 3.05) is 13.2 Å². The average Bonchev–Trinajstić information content (AvgIpc) is 2.75. The van der Waals surface area contributed by atoms with Gasteiger partial charge in [-0.3, -0.25) is 19.2 Å². The average molecular weight is 551 g/mol. The van der Waals surface area contributed by atoms with E-state index in [4.69, 9.17) is 56.4 Å². The number of carbonyl (C=O) groups excluding carboxylic acids is 5. The van der Waals surface area contributed by atoms with Crippen molar-refractivity contribution in [1.29, 1.82) is 0 Å². The smallest absolute Gasteiger partial charge is 0.346 e. The molecule has 0 aliphatic carbocycles. The van der Waals surface area contributed by atoms with E-state index in [0.29, 0.717) is 5.02 Å². The SMILES string of the molecule is CC(=O)OC[C@@H]1O[C@H](OC(=O)COc2ccc(Cl)cc2Cl)[C@H](OC(C)=O)[C@@H](OC(C)=O)[C@@H]1OC(C)=O. The van der Waals surface area contributed by atoms with Crippen LogP contribution >= 0.6 is 23.2 Å². The summed E-state index contributed by atoms with van der Waals surface area (Å²) < 4.78 is 36.9. The van der Waals surface area contributed by atoms with E-state index in [9.17, 15) is 24.0 Å². The molecular formula is C22H24Cl2O12. The van der Waals surface area contributed by atoms with Crippen LogP contribution in [0.5, 0.6) is 5.75 Å². The molecule has 5 atom stereocenters. The molecule has 36 heavy (non-hydrogen) atoms. The Kier molecular flexibility index (Phi) is 10.8. The Bertz CT molecular complexity index is 997. The normalized spacial score (nSPS) is 23.1. The van der Waals surface area contributed by atoms with Gasteiger partial charge in [0.05, 0.1) is 5.02 Å². The molecule has 2 rings (SSSR count). The van der Waals surface area contributed by atoms with Crippen molar-refractivity contribution in [3.05, 3.63) is 28.2 Å². The largest absolute Gasteiger partial charge is 0.480 e. The number of esters is 5. The molecule has 198 valence electrons. The highest BCUT2D eigenvalue weighted by Crippen LogP contribution is 2.31. The Balaban J connectivity index is 2.29. The first-order valence-corrected chi connectivity index (χ1v) is 11.2. The van der Waals surface area contributed by atoms with Gasteiger partial charge in [0.15, 0.2) is 18.8 Å². The summed E-state index contributed by atoms with van der Waals surface area (Å²) in [5.41, 5.74) is 0. The molecule has 0 spiro atoms. The fourth-order valence-corrected chi connectivity index (χ4v) is 3.64. The quantitative estimate of drug-likeness (QED) is 0.326. The first-order valence-electron chi connectivity index (χ1n) is 10.4. The number of halogens is 2. The second-order valence-corrected chi connectivity index (χ2v) is 8.26. The highest BCUT2D eigenvalue weighted by atomic mass is 35.5. The van der Waals surface area contributed by atoms with Crippen molar-refractivity contribution >= 4 is 53.0 Å². The summed E-state index contributed by atoms with van der Waals surface area (Å²) in [5, 5.41) is 0.495. The maximum Gasteiger partial charge on any atom is 0.346 e. The fourth-order valence-electron chi connectivity index (χ4n) is 3.18. The monoisotopic (exact) mass is 550 g/mol. The molecule has 14 heteroatoms. The Morgan fingerprint density at radius 1 is 0.806 bits per heavy atom. The van der Waals surface area contributed by atoms with Gasteiger partial charge >= 0.3 is 29.8 Å². The van der Waals surface area contributed by atoms with Crippen LogP contribution in [0, 0.1) is 0 Å². The van der Waals surface area contributed by atoms with E-state index >= 15 is 0 Å². The molecular weight excluding hydrogens is 527 g/mol. The number of carbonyl (C=O) groups is 5. The molecule has 1 heterocycles. The van der Waals surface area contributed by atoms with E-state index in [1.54, 1.807) is 0 Å². The van der Waals surface area contributed by atoms with E-state index in [1.165, 1.54) is 18.2 Å². The lowest BCUT2D eigenvalue weighted by Crippen LogP contribution is -2.63. The number of benzene rings is 1. The zero-order valence-corrected chi connectivity index (χ0v) is 21.2. The summed E-state index contributed by atoms with van der Waals surface area (Å²) in [6.07, 6.45) is -7.34. The third kappa shape index (κ3) is 8.85. The molecule has 0 bridgehead atoms. The molecule has 0 radical (unpaired) electrons. The van der Waals surface area contributed by atoms with E-state index in [2.05, 4.69) is 0 Å². The molecule has 1 aliphatic heterocycles. The second-order valence-electron chi connectivity index (χ2n) is 7.42. The molecule has 0 N–H and O–H groups in total. The predicted molar refractivity (Wildman–Crippen MR) is 120 cm³/mol. The maximum absolute atomic E-state index is 12.5. The lowest BCUT2D eigenvalue weighted by atomic mass is 9.98. The third-order valence-corrected chi connectivity index (χ3v) is 4.97. The predicted octanol–water partition coefficient (Wildman–Crippen LogP) is 2.00. The van der Waals surface area contributed by atoms with Gasteiger partial charge < -0.3 is 33.2 Å². The first-order chi connectivity index (χ1) is 16.9. The summed E-state index contributed by atoms with van der Waals surface area (Å²) in [7, 11) is 0. The van der Waals surface area contributed by atoms with Crippen LogP contribution in [-0.4, -0.2) is 73.8 Å². The van der Waals surface area contributed by atoms with Gasteiger partial charge in [0.25, 0.3) is 0 Å². The van der Waals surface area contributed by atoms with Gasteiger partial charge in [-0.1, -0.05) is 23.2 Å². The lowest BCUT2D eigenvalue weighted by molar-refractivity contribution is -0.301. The molecule has 1 saturated heterocycles. The van der Waals surface area contributed by atoms with Gasteiger partial charge in [0.1, 0.15) is 18.5 Å². The minimum atomic E-state index is -1.66. The molecule has 1 aliphatic rings. The van der Waals surface area contributed by atoms with Crippen LogP contribution in [-0.2, 0) is 52.4 Å². The zero-order chi connectivity index (χ0) is 27.0. The summed E-state index contributed by atoms with van der Waals surface area (Å²) >= 11 is 11.8. The van der Waals surface area contributed by atoms with Crippen molar-refractivity contribution < 1.29 is 57.1 Å². The number of rotatable bonds is 9. The molecule has 1 aromatic carbocycles. The number of hydrogen-bond acceptors (Lipinski definition) is 12. The highest BCUT2D eigenvalue weighted by Gasteiger charge is 2.53. The van der Waals surface area contributed by atoms with Crippen molar-refractivity contribution in [3.8, 4) is 5.75 Å². The van der Waals surface area contributed by atoms with Crippen molar-refractivity contribution in [1.82, 2.24) is 0 Å². The minimum Gasteiger partial charge on any atom is -0.480 e. The third-order valence-electron chi connectivity index (χ3n) is 4.44. The van der Waals surface area contributed by atoms with E-state index in [-0.39, 0.29) is 10.8 Å². The van der Waals surface area contributed by atoms with Gasteiger partial charge in [0, 0.05) is 32.7 Å². The standard InChI is InChI=1S/C22H24Cl2O12/c1-10(25)30-8-17-19(32-11(2)26)20(33-12(3)27)21(34-13(4)28)22(35-17)36-18(29)9-31-16-6-5-14(23)7-15(16)24/h5-7,17,19-22H,8-9H2,1-4H3/t17-,19+,20-,21+,22+/m0/s1. The number of hydrogen-bond donors (Lipinski definition) is 0. The van der Waals surface area contributed by atoms with Gasteiger partial charge in [0.2, 0.25) is 12.4 Å². The van der Waals surface area contributed by atoms with Crippen LogP contribution in [0.25, 0.3) is 0 Å². The van der Waals surface area contributed by atoms with Crippen LogP contribution in [0.1, 0.15) is 27.7 Å². The molecule has 0 saturated carbocycles. The Morgan fingerprint density at radius 3 is 1.94 bits per heavy atom. The maximum atomic E-state index is 12.5. The molecule has 0 aromatic heterocycles. The van der Waals surface area contributed by atoms with Gasteiger partial charge in [-0.05, 0) is 18.2 Å². The molecule has 0 amide bonds. The minimum absolute atomic E-state index is 0.138. The number of ether oxygens (including phenoxy) is 7. The van der Waals surface area contributed by atoms with Crippen LogP contribution in [0.15, 0.2) is 18.2 Å². The van der Waals surface area contributed by atoms with Crippen molar-refractivity contribution in [2.24, 2.45) is 0 Å². The van der Waals surface area contributed by atoms with Gasteiger partial charge in [-0.2, -0.15) is 0 Å². The van der Waals surface area contributed by atoms with Gasteiger partial charge in [-0.15, -0.1) is 0 Å². The molecule has 12 nitrogen and oxygen atoms in total. The van der Waals surface area contributed by atoms with Crippen LogP contribution < -0.4 is 4.74 Å². The van der Waals surface area contributed by atoms with Crippen molar-refractivity contribution in [2.45, 2.75) is 58.4 Å². The van der Waals surface area contributed by atoms with Crippen LogP contribution in [0.4, 0.5) is 0 Å². The summed E-state index contributed by atoms with van der Waals surface area (Å²) in [5.74, 6) is -3.99. The van der Waals surface area contributed by atoms with E-state index < -0.39 is 73.8 Å². The summed E-state index contributed by atoms with van der Waals surface area (Å²) in [6.45, 7) is 3.22. The summed E-state index contributed by atoms with van der Waals surface area (Å²) in [6, 6.07) is 4.34. The topological polar surface area (TPSA) is 150 Å². The molecule has 1 fully saturated rings. The Labute approximate surface area is 215 Å². The van der Waals surface area contributed by atoms with E-state index in [0.717, 1.165) is 27.7 Å².